The quantitative estimate of drug-likeness (QED) is 0.767. The maximum absolute atomic E-state index is 5.79. The molecule has 0 saturated carbocycles. The molecule has 90 valence electrons. The molecule has 0 radical (unpaired) electrons. The highest BCUT2D eigenvalue weighted by molar-refractivity contribution is 6.11. The molecule has 0 spiro atoms. The molecule has 0 aliphatic carbocycles. The van der Waals surface area contributed by atoms with Crippen LogP contribution in [0.15, 0.2) is 29.3 Å². The van der Waals surface area contributed by atoms with Crippen LogP contribution < -0.4 is 14.8 Å². The van der Waals surface area contributed by atoms with Crippen molar-refractivity contribution in [3.63, 3.8) is 0 Å². The van der Waals surface area contributed by atoms with Crippen molar-refractivity contribution in [3.05, 3.63) is 24.3 Å². The van der Waals surface area contributed by atoms with Crippen LogP contribution in [0.2, 0.25) is 0 Å². The SMILES string of the molecule is CC1=Nc2ccc3c4c(ccc(c24)O1)NC(C)O3. The lowest BCUT2D eigenvalue weighted by Gasteiger charge is -2.28. The summed E-state index contributed by atoms with van der Waals surface area (Å²) in [7, 11) is 0. The molecule has 1 N–H and O–H groups in total. The smallest absolute Gasteiger partial charge is 0.192 e. The second-order valence-corrected chi connectivity index (χ2v) is 4.58. The van der Waals surface area contributed by atoms with Gasteiger partial charge in [0.15, 0.2) is 12.1 Å². The Morgan fingerprint density at radius 3 is 2.83 bits per heavy atom. The zero-order valence-corrected chi connectivity index (χ0v) is 10.2. The third-order valence-corrected chi connectivity index (χ3v) is 3.26. The normalized spacial score (nSPS) is 19.7. The Hall–Kier alpha value is -2.23. The average molecular weight is 240 g/mol. The summed E-state index contributed by atoms with van der Waals surface area (Å²) in [6.07, 6.45) is -0.0218. The van der Waals surface area contributed by atoms with Gasteiger partial charge in [0, 0.05) is 12.6 Å². The van der Waals surface area contributed by atoms with Gasteiger partial charge in [-0.1, -0.05) is 0 Å². The number of nitrogens with one attached hydrogen (secondary N) is 1. The highest BCUT2D eigenvalue weighted by atomic mass is 16.5. The molecule has 0 bridgehead atoms. The van der Waals surface area contributed by atoms with Crippen molar-refractivity contribution >= 4 is 28.0 Å². The average Bonchev–Trinajstić information content (AvgIpc) is 2.34. The molecule has 0 saturated heterocycles. The van der Waals surface area contributed by atoms with Crippen LogP contribution in [0.5, 0.6) is 11.5 Å². The second-order valence-electron chi connectivity index (χ2n) is 4.58. The summed E-state index contributed by atoms with van der Waals surface area (Å²) in [5.41, 5.74) is 2.01. The fourth-order valence-corrected chi connectivity index (χ4v) is 2.60. The Bertz CT molecular complexity index is 694. The molecule has 1 unspecified atom stereocenters. The molecule has 2 aliphatic rings. The Balaban J connectivity index is 2.14. The van der Waals surface area contributed by atoms with Gasteiger partial charge in [0.2, 0.25) is 0 Å². The van der Waals surface area contributed by atoms with Gasteiger partial charge in [-0.2, -0.15) is 0 Å². The van der Waals surface area contributed by atoms with Gasteiger partial charge in [-0.3, -0.25) is 0 Å². The predicted molar refractivity (Wildman–Crippen MR) is 71.1 cm³/mol. The zero-order valence-electron chi connectivity index (χ0n) is 10.2. The number of aliphatic imine (C=N–C) groups is 1. The largest absolute Gasteiger partial charge is 0.470 e. The Morgan fingerprint density at radius 2 is 1.94 bits per heavy atom. The summed E-state index contributed by atoms with van der Waals surface area (Å²) in [6.45, 7) is 3.85. The summed E-state index contributed by atoms with van der Waals surface area (Å²) < 4.78 is 11.5. The van der Waals surface area contributed by atoms with E-state index in [4.69, 9.17) is 9.47 Å². The van der Waals surface area contributed by atoms with E-state index in [0.29, 0.717) is 5.90 Å². The van der Waals surface area contributed by atoms with Gasteiger partial charge in [0.05, 0.1) is 16.5 Å². The maximum atomic E-state index is 5.79. The first kappa shape index (κ1) is 9.76. The molecular formula is C14H12N2O2. The minimum atomic E-state index is -0.0218. The predicted octanol–water partition coefficient (Wildman–Crippen LogP) is 3.43. The highest BCUT2D eigenvalue weighted by Crippen LogP contribution is 2.47. The van der Waals surface area contributed by atoms with Crippen molar-refractivity contribution in [1.82, 2.24) is 0 Å². The lowest BCUT2D eigenvalue weighted by molar-refractivity contribution is 0.249. The molecule has 1 atom stereocenters. The Kier molecular flexibility index (Phi) is 1.71. The van der Waals surface area contributed by atoms with Crippen molar-refractivity contribution in [3.8, 4) is 11.5 Å². The van der Waals surface area contributed by atoms with Gasteiger partial charge in [0.1, 0.15) is 11.5 Å². The summed E-state index contributed by atoms with van der Waals surface area (Å²) in [5.74, 6) is 2.40. The first-order chi connectivity index (χ1) is 8.72. The molecule has 4 nitrogen and oxygen atoms in total. The zero-order chi connectivity index (χ0) is 12.3. The van der Waals surface area contributed by atoms with Gasteiger partial charge in [-0.25, -0.2) is 4.99 Å². The van der Waals surface area contributed by atoms with E-state index in [-0.39, 0.29) is 6.23 Å². The van der Waals surface area contributed by atoms with Crippen LogP contribution in [0.1, 0.15) is 13.8 Å². The van der Waals surface area contributed by atoms with Crippen molar-refractivity contribution < 1.29 is 9.47 Å². The summed E-state index contributed by atoms with van der Waals surface area (Å²) in [5, 5.41) is 5.39. The summed E-state index contributed by atoms with van der Waals surface area (Å²) in [4.78, 5) is 4.43. The minimum Gasteiger partial charge on any atom is -0.470 e. The van der Waals surface area contributed by atoms with Crippen LogP contribution in [0, 0.1) is 0 Å². The number of benzene rings is 2. The summed E-state index contributed by atoms with van der Waals surface area (Å²) >= 11 is 0. The number of ether oxygens (including phenoxy) is 2. The summed E-state index contributed by atoms with van der Waals surface area (Å²) in [6, 6.07) is 7.97. The van der Waals surface area contributed by atoms with E-state index < -0.39 is 0 Å². The second kappa shape index (κ2) is 3.16. The van der Waals surface area contributed by atoms with Gasteiger partial charge >= 0.3 is 0 Å². The third kappa shape index (κ3) is 1.17. The molecule has 4 rings (SSSR count). The fourth-order valence-electron chi connectivity index (χ4n) is 2.60. The van der Waals surface area contributed by atoms with Crippen LogP contribution in [-0.4, -0.2) is 12.1 Å². The first-order valence-corrected chi connectivity index (χ1v) is 5.98. The van der Waals surface area contributed by atoms with Crippen molar-refractivity contribution in [2.75, 3.05) is 5.32 Å². The third-order valence-electron chi connectivity index (χ3n) is 3.26. The van der Waals surface area contributed by atoms with Crippen LogP contribution in [0.3, 0.4) is 0 Å². The molecule has 0 amide bonds. The van der Waals surface area contributed by atoms with Crippen molar-refractivity contribution in [2.45, 2.75) is 20.1 Å². The van der Waals surface area contributed by atoms with Crippen LogP contribution in [-0.2, 0) is 0 Å². The monoisotopic (exact) mass is 240 g/mol. The van der Waals surface area contributed by atoms with Crippen molar-refractivity contribution in [2.24, 2.45) is 4.99 Å². The maximum Gasteiger partial charge on any atom is 0.192 e. The fraction of sp³-hybridized carbons (Fsp3) is 0.214. The molecule has 2 aliphatic heterocycles. The molecule has 0 fully saturated rings. The van der Waals surface area contributed by atoms with Crippen LogP contribution in [0.25, 0.3) is 10.8 Å². The van der Waals surface area contributed by atoms with Crippen LogP contribution >= 0.6 is 0 Å². The number of hydrogen-bond acceptors (Lipinski definition) is 4. The highest BCUT2D eigenvalue weighted by Gasteiger charge is 2.24. The van der Waals surface area contributed by atoms with E-state index in [1.807, 2.05) is 38.1 Å². The first-order valence-electron chi connectivity index (χ1n) is 5.98. The van der Waals surface area contributed by atoms with Crippen molar-refractivity contribution in [1.29, 1.82) is 0 Å². The molecular weight excluding hydrogens is 228 g/mol. The van der Waals surface area contributed by atoms with Gasteiger partial charge < -0.3 is 14.8 Å². The molecule has 2 heterocycles. The molecule has 4 heteroatoms. The van der Waals surface area contributed by atoms with Gasteiger partial charge in [-0.05, 0) is 31.2 Å². The lowest BCUT2D eigenvalue weighted by atomic mass is 10.0. The Morgan fingerprint density at radius 1 is 1.11 bits per heavy atom. The Labute approximate surface area is 104 Å². The molecule has 18 heavy (non-hydrogen) atoms. The number of hydrogen-bond donors (Lipinski definition) is 1. The van der Waals surface area contributed by atoms with Gasteiger partial charge in [-0.15, -0.1) is 0 Å². The lowest BCUT2D eigenvalue weighted by Crippen LogP contribution is -2.26. The van der Waals surface area contributed by atoms with E-state index in [1.54, 1.807) is 0 Å². The van der Waals surface area contributed by atoms with Gasteiger partial charge in [0.25, 0.3) is 0 Å². The van der Waals surface area contributed by atoms with E-state index in [1.165, 1.54) is 0 Å². The van der Waals surface area contributed by atoms with Crippen LogP contribution in [0.4, 0.5) is 11.4 Å². The molecule has 2 aromatic carbocycles. The standard InChI is InChI=1S/C14H12N2O2/c1-7-15-9-3-6-12-14-10(16-8(2)18-12)4-5-11(17-7)13(9)14/h3-7,15H,1-2H3. The minimum absolute atomic E-state index is 0.0218. The molecule has 2 aromatic rings. The van der Waals surface area contributed by atoms with E-state index >= 15 is 0 Å². The number of nitrogens with zero attached hydrogens (tertiary/aromatic N) is 1. The van der Waals surface area contributed by atoms with E-state index in [9.17, 15) is 0 Å². The molecule has 0 aromatic heterocycles. The number of anilines is 1. The topological polar surface area (TPSA) is 42.8 Å². The van der Waals surface area contributed by atoms with E-state index in [0.717, 1.165) is 33.6 Å². The number of rotatable bonds is 0. The van der Waals surface area contributed by atoms with E-state index in [2.05, 4.69) is 10.3 Å².